The Hall–Kier alpha value is -1.92. The SMILES string of the molecule is CC(C)(C)C(C)(C)C(=O)Nc1ccc(SSc2ccc(NC(=O)C(C)(C)C(C)(C)C)cc2)cc1. The first-order valence-corrected chi connectivity index (χ1v) is 13.8. The number of benzene rings is 2. The van der Waals surface area contributed by atoms with Crippen LogP contribution in [0.3, 0.4) is 0 Å². The highest BCUT2D eigenvalue weighted by Crippen LogP contribution is 2.41. The van der Waals surface area contributed by atoms with Crippen molar-refractivity contribution >= 4 is 44.8 Å². The zero-order chi connectivity index (χ0) is 25.9. The molecule has 0 unspecified atom stereocenters. The van der Waals surface area contributed by atoms with Gasteiger partial charge in [0.15, 0.2) is 0 Å². The highest BCUT2D eigenvalue weighted by molar-refractivity contribution is 8.76. The Morgan fingerprint density at radius 1 is 0.529 bits per heavy atom. The number of carbonyl (C=O) groups is 2. The molecule has 0 radical (unpaired) electrons. The van der Waals surface area contributed by atoms with E-state index in [0.29, 0.717) is 0 Å². The van der Waals surface area contributed by atoms with Crippen molar-refractivity contribution in [3.05, 3.63) is 48.5 Å². The van der Waals surface area contributed by atoms with Crippen molar-refractivity contribution in [3.63, 3.8) is 0 Å². The molecule has 4 nitrogen and oxygen atoms in total. The van der Waals surface area contributed by atoms with Crippen LogP contribution in [-0.2, 0) is 9.59 Å². The summed E-state index contributed by atoms with van der Waals surface area (Å²) in [5.41, 5.74) is 0.370. The molecule has 0 heterocycles. The molecule has 186 valence electrons. The normalized spacial score (nSPS) is 12.9. The number of amides is 2. The number of nitrogens with one attached hydrogen (secondary N) is 2. The lowest BCUT2D eigenvalue weighted by Crippen LogP contribution is -2.41. The average molecular weight is 501 g/mol. The molecule has 0 saturated carbocycles. The van der Waals surface area contributed by atoms with Gasteiger partial charge >= 0.3 is 0 Å². The van der Waals surface area contributed by atoms with Crippen molar-refractivity contribution in [2.45, 2.75) is 79.0 Å². The smallest absolute Gasteiger partial charge is 0.230 e. The van der Waals surface area contributed by atoms with Gasteiger partial charge in [-0.25, -0.2) is 0 Å². The van der Waals surface area contributed by atoms with Crippen LogP contribution in [0.25, 0.3) is 0 Å². The van der Waals surface area contributed by atoms with Gasteiger partial charge in [-0.2, -0.15) is 0 Å². The number of hydrogen-bond acceptors (Lipinski definition) is 4. The molecule has 0 bridgehead atoms. The van der Waals surface area contributed by atoms with Crippen molar-refractivity contribution in [2.75, 3.05) is 10.6 Å². The maximum Gasteiger partial charge on any atom is 0.230 e. The average Bonchev–Trinajstić information content (AvgIpc) is 2.72. The Labute approximate surface area is 213 Å². The molecule has 2 aromatic carbocycles. The Balaban J connectivity index is 1.93. The molecule has 0 fully saturated rings. The van der Waals surface area contributed by atoms with E-state index in [9.17, 15) is 9.59 Å². The van der Waals surface area contributed by atoms with Gasteiger partial charge in [0.2, 0.25) is 11.8 Å². The molecule has 6 heteroatoms. The lowest BCUT2D eigenvalue weighted by Gasteiger charge is -2.37. The summed E-state index contributed by atoms with van der Waals surface area (Å²) in [6, 6.07) is 15.8. The maximum atomic E-state index is 12.7. The molecule has 2 amide bonds. The van der Waals surface area contributed by atoms with Crippen LogP contribution in [0.4, 0.5) is 11.4 Å². The lowest BCUT2D eigenvalue weighted by molar-refractivity contribution is -0.129. The van der Waals surface area contributed by atoms with E-state index in [1.807, 2.05) is 76.2 Å². The number of rotatable bonds is 7. The van der Waals surface area contributed by atoms with Crippen LogP contribution in [0, 0.1) is 21.7 Å². The summed E-state index contributed by atoms with van der Waals surface area (Å²) in [4.78, 5) is 27.7. The van der Waals surface area contributed by atoms with E-state index in [1.54, 1.807) is 21.6 Å². The van der Waals surface area contributed by atoms with Crippen LogP contribution >= 0.6 is 21.6 Å². The van der Waals surface area contributed by atoms with Gasteiger partial charge in [-0.1, -0.05) is 90.8 Å². The molecule has 34 heavy (non-hydrogen) atoms. The van der Waals surface area contributed by atoms with Gasteiger partial charge in [-0.15, -0.1) is 0 Å². The fourth-order valence-electron chi connectivity index (χ4n) is 2.54. The fourth-order valence-corrected chi connectivity index (χ4v) is 4.47. The van der Waals surface area contributed by atoms with Crippen molar-refractivity contribution < 1.29 is 9.59 Å². The molecule has 2 aromatic rings. The van der Waals surface area contributed by atoms with Crippen LogP contribution < -0.4 is 10.6 Å². The molecule has 0 aliphatic carbocycles. The molecular weight excluding hydrogens is 460 g/mol. The van der Waals surface area contributed by atoms with E-state index in [1.165, 1.54) is 0 Å². The second-order valence-electron chi connectivity index (χ2n) is 11.9. The zero-order valence-corrected chi connectivity index (χ0v) is 23.9. The summed E-state index contributed by atoms with van der Waals surface area (Å²) in [5.74, 6) is 0.0423. The zero-order valence-electron chi connectivity index (χ0n) is 22.3. The van der Waals surface area contributed by atoms with Crippen LogP contribution in [0.2, 0.25) is 0 Å². The van der Waals surface area contributed by atoms with Gasteiger partial charge in [-0.05, 0) is 59.4 Å². The predicted molar refractivity (Wildman–Crippen MR) is 148 cm³/mol. The minimum Gasteiger partial charge on any atom is -0.326 e. The Bertz CT molecular complexity index is 913. The van der Waals surface area contributed by atoms with E-state index in [0.717, 1.165) is 21.2 Å². The predicted octanol–water partition coefficient (Wildman–Crippen LogP) is 8.51. The maximum absolute atomic E-state index is 12.7. The standard InChI is InChI=1S/C28H40N2O2S2/c1-25(2,3)27(7,8)23(31)29-19-11-15-21(16-12-19)33-34-22-17-13-20(14-18-22)30-24(32)28(9,10)26(4,5)6/h11-18H,1-10H3,(H,29,31)(H,30,32). The van der Waals surface area contributed by atoms with Crippen LogP contribution in [-0.4, -0.2) is 11.8 Å². The molecule has 0 spiro atoms. The Kier molecular flexibility index (Phi) is 8.64. The summed E-state index contributed by atoms with van der Waals surface area (Å²) < 4.78 is 0. The van der Waals surface area contributed by atoms with Gasteiger partial charge < -0.3 is 10.6 Å². The van der Waals surface area contributed by atoms with Gasteiger partial charge in [0, 0.05) is 32.0 Å². The van der Waals surface area contributed by atoms with Gasteiger partial charge in [0.25, 0.3) is 0 Å². The fraction of sp³-hybridized carbons (Fsp3) is 0.500. The second kappa shape index (κ2) is 10.4. The first kappa shape index (κ1) is 28.3. The highest BCUT2D eigenvalue weighted by atomic mass is 33.1. The van der Waals surface area contributed by atoms with E-state index in [2.05, 4.69) is 52.2 Å². The summed E-state index contributed by atoms with van der Waals surface area (Å²) in [5, 5.41) is 6.08. The number of anilines is 2. The molecule has 2 N–H and O–H groups in total. The monoisotopic (exact) mass is 500 g/mol. The van der Waals surface area contributed by atoms with E-state index < -0.39 is 10.8 Å². The van der Waals surface area contributed by atoms with Crippen molar-refractivity contribution in [1.29, 1.82) is 0 Å². The van der Waals surface area contributed by atoms with Crippen molar-refractivity contribution in [2.24, 2.45) is 21.7 Å². The van der Waals surface area contributed by atoms with Crippen molar-refractivity contribution in [1.82, 2.24) is 0 Å². The van der Waals surface area contributed by atoms with Gasteiger partial charge in [-0.3, -0.25) is 9.59 Å². The third-order valence-corrected chi connectivity index (χ3v) is 9.76. The number of carbonyl (C=O) groups excluding carboxylic acids is 2. The molecule has 0 atom stereocenters. The largest absolute Gasteiger partial charge is 0.326 e. The van der Waals surface area contributed by atoms with E-state index in [4.69, 9.17) is 0 Å². The minimum atomic E-state index is -0.482. The second-order valence-corrected chi connectivity index (χ2v) is 14.1. The molecule has 0 aromatic heterocycles. The molecule has 0 aliphatic rings. The van der Waals surface area contributed by atoms with E-state index in [-0.39, 0.29) is 22.6 Å². The summed E-state index contributed by atoms with van der Waals surface area (Å²) in [6.45, 7) is 20.4. The molecule has 0 saturated heterocycles. The Morgan fingerprint density at radius 2 is 0.794 bits per heavy atom. The first-order valence-electron chi connectivity index (χ1n) is 11.6. The molecule has 0 aliphatic heterocycles. The molecular formula is C28H40N2O2S2. The number of hydrogen-bond donors (Lipinski definition) is 2. The van der Waals surface area contributed by atoms with Gasteiger partial charge in [0.05, 0.1) is 0 Å². The summed E-state index contributed by atoms with van der Waals surface area (Å²) >= 11 is 0. The van der Waals surface area contributed by atoms with Crippen LogP contribution in [0.5, 0.6) is 0 Å². The summed E-state index contributed by atoms with van der Waals surface area (Å²) in [7, 11) is 3.31. The van der Waals surface area contributed by atoms with Crippen LogP contribution in [0.15, 0.2) is 58.3 Å². The first-order chi connectivity index (χ1) is 15.4. The summed E-state index contributed by atoms with van der Waals surface area (Å²) in [6.07, 6.45) is 0. The van der Waals surface area contributed by atoms with E-state index >= 15 is 0 Å². The lowest BCUT2D eigenvalue weighted by atomic mass is 9.68. The minimum absolute atomic E-state index is 0.0212. The Morgan fingerprint density at radius 3 is 1.03 bits per heavy atom. The highest BCUT2D eigenvalue weighted by Gasteiger charge is 2.40. The topological polar surface area (TPSA) is 58.2 Å². The molecule has 2 rings (SSSR count). The van der Waals surface area contributed by atoms with Gasteiger partial charge in [0.1, 0.15) is 0 Å². The third kappa shape index (κ3) is 6.82. The van der Waals surface area contributed by atoms with Crippen LogP contribution in [0.1, 0.15) is 69.2 Å². The quantitative estimate of drug-likeness (QED) is 0.374. The third-order valence-electron chi connectivity index (χ3n) is 7.34. The van der Waals surface area contributed by atoms with Crippen molar-refractivity contribution in [3.8, 4) is 0 Å².